The Bertz CT molecular complexity index is 637. The lowest BCUT2D eigenvalue weighted by Gasteiger charge is -2.09. The Morgan fingerprint density at radius 3 is 2.75 bits per heavy atom. The summed E-state index contributed by atoms with van der Waals surface area (Å²) in [7, 11) is 1.77. The van der Waals surface area contributed by atoms with Gasteiger partial charge in [-0.15, -0.1) is 0 Å². The molecule has 0 saturated carbocycles. The number of nitrogens with zero attached hydrogens (tertiary/aromatic N) is 2. The van der Waals surface area contributed by atoms with E-state index in [-0.39, 0.29) is 12.5 Å². The molecule has 0 spiro atoms. The maximum Gasteiger partial charge on any atom is 0.263 e. The molecule has 20 heavy (non-hydrogen) atoms. The van der Waals surface area contributed by atoms with Gasteiger partial charge in [-0.2, -0.15) is 5.10 Å². The molecule has 0 bridgehead atoms. The average Bonchev–Trinajstić information content (AvgIpc) is 2.66. The molecule has 5 nitrogen and oxygen atoms in total. The van der Waals surface area contributed by atoms with E-state index in [1.165, 1.54) is 0 Å². The summed E-state index contributed by atoms with van der Waals surface area (Å²) in [6.45, 7) is 3.68. The Kier molecular flexibility index (Phi) is 4.29. The number of nitrogens with one attached hydrogen (secondary N) is 1. The summed E-state index contributed by atoms with van der Waals surface area (Å²) >= 11 is 5.86. The standard InChI is InChI=1S/C14H16ClN3O2/c1-9-6-11(15)4-5-12(9)20-8-14(19)16-13-7-10(2)17-18(13)3/h4-7H,8H2,1-3H3,(H,16,19). The third-order valence-electron chi connectivity index (χ3n) is 2.77. The lowest BCUT2D eigenvalue weighted by molar-refractivity contribution is -0.118. The molecule has 106 valence electrons. The predicted octanol–water partition coefficient (Wildman–Crippen LogP) is 2.71. The van der Waals surface area contributed by atoms with Crippen molar-refractivity contribution >= 4 is 23.3 Å². The van der Waals surface area contributed by atoms with Crippen LogP contribution in [0.3, 0.4) is 0 Å². The molecule has 0 unspecified atom stereocenters. The number of benzene rings is 1. The largest absolute Gasteiger partial charge is 0.483 e. The number of hydrogen-bond acceptors (Lipinski definition) is 3. The van der Waals surface area contributed by atoms with Crippen LogP contribution in [0, 0.1) is 13.8 Å². The quantitative estimate of drug-likeness (QED) is 0.943. The lowest BCUT2D eigenvalue weighted by Crippen LogP contribution is -2.21. The van der Waals surface area contributed by atoms with Crippen LogP contribution in [0.2, 0.25) is 5.02 Å². The minimum absolute atomic E-state index is 0.0628. The first-order chi connectivity index (χ1) is 9.45. The molecule has 0 aliphatic carbocycles. The molecule has 0 radical (unpaired) electrons. The van der Waals surface area contributed by atoms with Crippen molar-refractivity contribution in [3.8, 4) is 5.75 Å². The van der Waals surface area contributed by atoms with E-state index in [1.54, 1.807) is 36.0 Å². The minimum atomic E-state index is -0.234. The Balaban J connectivity index is 1.94. The van der Waals surface area contributed by atoms with Crippen LogP contribution in [0.4, 0.5) is 5.82 Å². The topological polar surface area (TPSA) is 56.1 Å². The fourth-order valence-electron chi connectivity index (χ4n) is 1.82. The minimum Gasteiger partial charge on any atom is -0.483 e. The zero-order valence-corrected chi connectivity index (χ0v) is 12.4. The Morgan fingerprint density at radius 2 is 2.15 bits per heavy atom. The smallest absolute Gasteiger partial charge is 0.263 e. The van der Waals surface area contributed by atoms with Crippen molar-refractivity contribution in [1.29, 1.82) is 0 Å². The van der Waals surface area contributed by atoms with Crippen molar-refractivity contribution < 1.29 is 9.53 Å². The summed E-state index contributed by atoms with van der Waals surface area (Å²) in [5.74, 6) is 1.05. The molecule has 0 saturated heterocycles. The van der Waals surface area contributed by atoms with Crippen LogP contribution in [-0.2, 0) is 11.8 Å². The van der Waals surface area contributed by atoms with Crippen LogP contribution < -0.4 is 10.1 Å². The molecule has 0 aliphatic heterocycles. The summed E-state index contributed by atoms with van der Waals surface area (Å²) in [6.07, 6.45) is 0. The van der Waals surface area contributed by atoms with Gasteiger partial charge in [0.25, 0.3) is 5.91 Å². The van der Waals surface area contributed by atoms with Gasteiger partial charge in [-0.1, -0.05) is 11.6 Å². The first-order valence-electron chi connectivity index (χ1n) is 6.15. The molecule has 1 amide bonds. The highest BCUT2D eigenvalue weighted by Gasteiger charge is 2.08. The fourth-order valence-corrected chi connectivity index (χ4v) is 2.05. The number of aryl methyl sites for hydroxylation is 3. The second-order valence-corrected chi connectivity index (χ2v) is 4.98. The number of carbonyl (C=O) groups excluding carboxylic acids is 1. The van der Waals surface area contributed by atoms with Crippen molar-refractivity contribution in [2.45, 2.75) is 13.8 Å². The summed E-state index contributed by atoms with van der Waals surface area (Å²) in [4.78, 5) is 11.8. The van der Waals surface area contributed by atoms with Crippen LogP contribution in [0.1, 0.15) is 11.3 Å². The molecule has 1 heterocycles. The Morgan fingerprint density at radius 1 is 1.40 bits per heavy atom. The van der Waals surface area contributed by atoms with Gasteiger partial charge >= 0.3 is 0 Å². The highest BCUT2D eigenvalue weighted by molar-refractivity contribution is 6.30. The summed E-state index contributed by atoms with van der Waals surface area (Å²) in [5, 5.41) is 7.54. The molecule has 1 N–H and O–H groups in total. The lowest BCUT2D eigenvalue weighted by atomic mass is 10.2. The van der Waals surface area contributed by atoms with Gasteiger partial charge in [-0.05, 0) is 37.6 Å². The number of halogens is 1. The van der Waals surface area contributed by atoms with Gasteiger partial charge in [-0.25, -0.2) is 0 Å². The molecular weight excluding hydrogens is 278 g/mol. The second-order valence-electron chi connectivity index (χ2n) is 4.54. The van der Waals surface area contributed by atoms with E-state index in [0.29, 0.717) is 16.6 Å². The van der Waals surface area contributed by atoms with Crippen molar-refractivity contribution in [2.75, 3.05) is 11.9 Å². The molecule has 1 aromatic carbocycles. The highest BCUT2D eigenvalue weighted by atomic mass is 35.5. The zero-order valence-electron chi connectivity index (χ0n) is 11.6. The monoisotopic (exact) mass is 293 g/mol. The predicted molar refractivity (Wildman–Crippen MR) is 78.3 cm³/mol. The second kappa shape index (κ2) is 5.96. The third kappa shape index (κ3) is 3.51. The molecule has 0 aliphatic rings. The number of rotatable bonds is 4. The van der Waals surface area contributed by atoms with Gasteiger partial charge < -0.3 is 10.1 Å². The number of carbonyl (C=O) groups is 1. The molecule has 6 heteroatoms. The molecular formula is C14H16ClN3O2. The van der Waals surface area contributed by atoms with Crippen LogP contribution in [-0.4, -0.2) is 22.3 Å². The van der Waals surface area contributed by atoms with E-state index in [9.17, 15) is 4.79 Å². The number of aromatic nitrogens is 2. The van der Waals surface area contributed by atoms with Crippen LogP contribution >= 0.6 is 11.6 Å². The van der Waals surface area contributed by atoms with Crippen molar-refractivity contribution in [3.05, 3.63) is 40.5 Å². The van der Waals surface area contributed by atoms with Crippen molar-refractivity contribution in [2.24, 2.45) is 7.05 Å². The maximum absolute atomic E-state index is 11.8. The van der Waals surface area contributed by atoms with E-state index in [2.05, 4.69) is 10.4 Å². The Hall–Kier alpha value is -2.01. The van der Waals surface area contributed by atoms with Gasteiger partial charge in [0.15, 0.2) is 6.61 Å². The zero-order chi connectivity index (χ0) is 14.7. The summed E-state index contributed by atoms with van der Waals surface area (Å²) in [6, 6.07) is 7.07. The number of ether oxygens (including phenoxy) is 1. The highest BCUT2D eigenvalue weighted by Crippen LogP contribution is 2.21. The van der Waals surface area contributed by atoms with Gasteiger partial charge in [-0.3, -0.25) is 9.48 Å². The van der Waals surface area contributed by atoms with E-state index in [4.69, 9.17) is 16.3 Å². The average molecular weight is 294 g/mol. The molecule has 0 fully saturated rings. The first-order valence-corrected chi connectivity index (χ1v) is 6.53. The van der Waals surface area contributed by atoms with Crippen molar-refractivity contribution in [1.82, 2.24) is 9.78 Å². The number of hydrogen-bond donors (Lipinski definition) is 1. The van der Waals surface area contributed by atoms with Crippen LogP contribution in [0.5, 0.6) is 5.75 Å². The van der Waals surface area contributed by atoms with E-state index < -0.39 is 0 Å². The fraction of sp³-hybridized carbons (Fsp3) is 0.286. The van der Waals surface area contributed by atoms with E-state index >= 15 is 0 Å². The van der Waals surface area contributed by atoms with E-state index in [1.807, 2.05) is 13.8 Å². The molecule has 1 aromatic heterocycles. The van der Waals surface area contributed by atoms with Crippen LogP contribution in [0.25, 0.3) is 0 Å². The SMILES string of the molecule is Cc1cc(NC(=O)COc2ccc(Cl)cc2C)n(C)n1. The van der Waals surface area contributed by atoms with Gasteiger partial charge in [0.1, 0.15) is 11.6 Å². The molecule has 2 rings (SSSR count). The maximum atomic E-state index is 11.8. The van der Waals surface area contributed by atoms with Crippen LogP contribution in [0.15, 0.2) is 24.3 Å². The van der Waals surface area contributed by atoms with Gasteiger partial charge in [0.05, 0.1) is 5.69 Å². The molecule has 2 aromatic rings. The summed E-state index contributed by atoms with van der Waals surface area (Å²) < 4.78 is 7.08. The van der Waals surface area contributed by atoms with E-state index in [0.717, 1.165) is 11.3 Å². The first kappa shape index (κ1) is 14.4. The van der Waals surface area contributed by atoms with Gasteiger partial charge in [0, 0.05) is 18.1 Å². The third-order valence-corrected chi connectivity index (χ3v) is 3.00. The summed E-state index contributed by atoms with van der Waals surface area (Å²) in [5.41, 5.74) is 1.74. The molecule has 0 atom stereocenters. The van der Waals surface area contributed by atoms with Crippen molar-refractivity contribution in [3.63, 3.8) is 0 Å². The van der Waals surface area contributed by atoms with Gasteiger partial charge in [0.2, 0.25) is 0 Å². The number of amides is 1. The number of anilines is 1. The Labute approximate surface area is 122 Å². The normalized spacial score (nSPS) is 10.4.